The highest BCUT2D eigenvalue weighted by Gasteiger charge is 2.21. The number of nitrogens with one attached hydrogen (secondary N) is 2. The Morgan fingerprint density at radius 1 is 1.08 bits per heavy atom. The molecule has 0 unspecified atom stereocenters. The lowest BCUT2D eigenvalue weighted by Crippen LogP contribution is -2.38. The molecule has 1 aliphatic heterocycles. The van der Waals surface area contributed by atoms with Crippen LogP contribution in [-0.2, 0) is 13.1 Å². The molecule has 0 aromatic heterocycles. The van der Waals surface area contributed by atoms with Crippen LogP contribution in [0.25, 0.3) is 0 Å². The molecule has 4 nitrogen and oxygen atoms in total. The van der Waals surface area contributed by atoms with Gasteiger partial charge in [0.05, 0.1) is 0 Å². The first-order chi connectivity index (χ1) is 11.7. The summed E-state index contributed by atoms with van der Waals surface area (Å²) >= 11 is 0. The van der Waals surface area contributed by atoms with Crippen molar-refractivity contribution in [1.82, 2.24) is 15.5 Å². The summed E-state index contributed by atoms with van der Waals surface area (Å²) in [7, 11) is 1.85. The van der Waals surface area contributed by atoms with Crippen LogP contribution in [0.2, 0.25) is 0 Å². The van der Waals surface area contributed by atoms with Gasteiger partial charge < -0.3 is 10.6 Å². The molecule has 1 aromatic carbocycles. The van der Waals surface area contributed by atoms with E-state index in [1.165, 1.54) is 49.9 Å². The molecule has 140 valence electrons. The second-order valence-corrected chi connectivity index (χ2v) is 7.48. The summed E-state index contributed by atoms with van der Waals surface area (Å²) < 4.78 is 0. The van der Waals surface area contributed by atoms with Crippen molar-refractivity contribution in [3.05, 3.63) is 35.4 Å². The van der Waals surface area contributed by atoms with E-state index in [2.05, 4.69) is 51.7 Å². The summed E-state index contributed by atoms with van der Waals surface area (Å²) in [5.74, 6) is 2.67. The average molecular weight is 456 g/mol. The van der Waals surface area contributed by atoms with Gasteiger partial charge in [0.15, 0.2) is 5.96 Å². The molecule has 0 bridgehead atoms. The molecule has 1 heterocycles. The minimum Gasteiger partial charge on any atom is -0.356 e. The Balaban J connectivity index is 0.00000225. The van der Waals surface area contributed by atoms with E-state index in [0.717, 1.165) is 37.4 Å². The number of rotatable bonds is 6. The van der Waals surface area contributed by atoms with E-state index >= 15 is 0 Å². The van der Waals surface area contributed by atoms with Gasteiger partial charge >= 0.3 is 0 Å². The molecule has 0 radical (unpaired) electrons. The van der Waals surface area contributed by atoms with Gasteiger partial charge in [-0.25, -0.2) is 0 Å². The first-order valence-electron chi connectivity index (χ1n) is 9.48. The van der Waals surface area contributed by atoms with Gasteiger partial charge in [-0.3, -0.25) is 9.89 Å². The van der Waals surface area contributed by atoms with Gasteiger partial charge in [-0.2, -0.15) is 0 Å². The second kappa shape index (κ2) is 10.4. The third kappa shape index (κ3) is 6.77. The molecule has 1 saturated heterocycles. The molecule has 3 rings (SSSR count). The highest BCUT2D eigenvalue weighted by atomic mass is 127. The Hall–Kier alpha value is -0.820. The van der Waals surface area contributed by atoms with Crippen molar-refractivity contribution in [3.8, 4) is 0 Å². The maximum absolute atomic E-state index is 4.34. The normalized spacial score (nSPS) is 19.4. The fourth-order valence-electron chi connectivity index (χ4n) is 3.31. The SMILES string of the molecule is CN=C(NCc1ccccc1CN1CCC(C)CC1)NCC1CC1.I. The van der Waals surface area contributed by atoms with Crippen molar-refractivity contribution in [2.45, 2.75) is 45.7 Å². The molecule has 0 atom stereocenters. The molecule has 1 aromatic rings. The zero-order valence-electron chi connectivity index (χ0n) is 15.6. The van der Waals surface area contributed by atoms with Crippen LogP contribution in [0.15, 0.2) is 29.3 Å². The Morgan fingerprint density at radius 3 is 2.40 bits per heavy atom. The number of hydrogen-bond donors (Lipinski definition) is 2. The van der Waals surface area contributed by atoms with Crippen molar-refractivity contribution in [1.29, 1.82) is 0 Å². The van der Waals surface area contributed by atoms with Crippen LogP contribution in [0.5, 0.6) is 0 Å². The van der Waals surface area contributed by atoms with Crippen molar-refractivity contribution >= 4 is 29.9 Å². The number of halogens is 1. The lowest BCUT2D eigenvalue weighted by Gasteiger charge is -2.30. The van der Waals surface area contributed by atoms with E-state index in [9.17, 15) is 0 Å². The maximum atomic E-state index is 4.34. The van der Waals surface area contributed by atoms with Crippen molar-refractivity contribution in [2.75, 3.05) is 26.7 Å². The van der Waals surface area contributed by atoms with Gasteiger partial charge in [-0.05, 0) is 61.7 Å². The molecule has 25 heavy (non-hydrogen) atoms. The lowest BCUT2D eigenvalue weighted by molar-refractivity contribution is 0.185. The van der Waals surface area contributed by atoms with E-state index in [0.29, 0.717) is 0 Å². The number of aliphatic imine (C=N–C) groups is 1. The van der Waals surface area contributed by atoms with E-state index in [1.807, 2.05) is 7.05 Å². The molecular weight excluding hydrogens is 423 g/mol. The number of likely N-dealkylation sites (tertiary alicyclic amines) is 1. The Morgan fingerprint density at radius 2 is 1.76 bits per heavy atom. The van der Waals surface area contributed by atoms with Crippen LogP contribution in [0.3, 0.4) is 0 Å². The van der Waals surface area contributed by atoms with Crippen molar-refractivity contribution in [2.24, 2.45) is 16.8 Å². The summed E-state index contributed by atoms with van der Waals surface area (Å²) in [6.07, 6.45) is 5.39. The fraction of sp³-hybridized carbons (Fsp3) is 0.650. The Labute approximate surface area is 169 Å². The fourth-order valence-corrected chi connectivity index (χ4v) is 3.31. The van der Waals surface area contributed by atoms with E-state index in [1.54, 1.807) is 0 Å². The molecule has 5 heteroatoms. The van der Waals surface area contributed by atoms with Crippen LogP contribution in [0, 0.1) is 11.8 Å². The van der Waals surface area contributed by atoms with E-state index in [-0.39, 0.29) is 24.0 Å². The van der Waals surface area contributed by atoms with Gasteiger partial charge in [0.25, 0.3) is 0 Å². The standard InChI is InChI=1S/C20H32N4.HI/c1-16-9-11-24(12-10-16)15-19-6-4-3-5-18(19)14-23-20(21-2)22-13-17-7-8-17;/h3-6,16-17H,7-15H2,1-2H3,(H2,21,22,23);1H. The summed E-state index contributed by atoms with van der Waals surface area (Å²) in [6, 6.07) is 8.81. The molecule has 0 amide bonds. The van der Waals surface area contributed by atoms with Crippen LogP contribution >= 0.6 is 24.0 Å². The summed E-state index contributed by atoms with van der Waals surface area (Å²) in [4.78, 5) is 6.94. The lowest BCUT2D eigenvalue weighted by atomic mass is 9.98. The van der Waals surface area contributed by atoms with Crippen LogP contribution in [0.1, 0.15) is 43.7 Å². The molecule has 0 spiro atoms. The van der Waals surface area contributed by atoms with Gasteiger partial charge in [-0.1, -0.05) is 31.2 Å². The summed E-state index contributed by atoms with van der Waals surface area (Å²) in [5, 5.41) is 6.91. The quantitative estimate of drug-likeness (QED) is 0.391. The smallest absolute Gasteiger partial charge is 0.191 e. The minimum atomic E-state index is 0. The number of benzene rings is 1. The Kier molecular flexibility index (Phi) is 8.49. The second-order valence-electron chi connectivity index (χ2n) is 7.48. The van der Waals surface area contributed by atoms with Crippen molar-refractivity contribution in [3.63, 3.8) is 0 Å². The van der Waals surface area contributed by atoms with E-state index < -0.39 is 0 Å². The topological polar surface area (TPSA) is 39.7 Å². The molecule has 2 fully saturated rings. The summed E-state index contributed by atoms with van der Waals surface area (Å²) in [5.41, 5.74) is 2.82. The first-order valence-corrected chi connectivity index (χ1v) is 9.48. The van der Waals surface area contributed by atoms with Crippen LogP contribution in [-0.4, -0.2) is 37.5 Å². The van der Waals surface area contributed by atoms with Crippen molar-refractivity contribution < 1.29 is 0 Å². The van der Waals surface area contributed by atoms with Crippen LogP contribution in [0.4, 0.5) is 0 Å². The highest BCUT2D eigenvalue weighted by Crippen LogP contribution is 2.27. The average Bonchev–Trinajstić information content (AvgIpc) is 3.43. The molecule has 2 aliphatic rings. The molecule has 1 aliphatic carbocycles. The largest absolute Gasteiger partial charge is 0.356 e. The molecule has 1 saturated carbocycles. The van der Waals surface area contributed by atoms with Gasteiger partial charge in [0.2, 0.25) is 0 Å². The first kappa shape index (κ1) is 20.5. The zero-order valence-corrected chi connectivity index (χ0v) is 18.0. The van der Waals surface area contributed by atoms with E-state index in [4.69, 9.17) is 0 Å². The monoisotopic (exact) mass is 456 g/mol. The number of piperidine rings is 1. The number of nitrogens with zero attached hydrogens (tertiary/aromatic N) is 2. The third-order valence-electron chi connectivity index (χ3n) is 5.31. The highest BCUT2D eigenvalue weighted by molar-refractivity contribution is 14.0. The third-order valence-corrected chi connectivity index (χ3v) is 5.31. The molecular formula is C20H33IN4. The number of guanidine groups is 1. The van der Waals surface area contributed by atoms with Gasteiger partial charge in [0, 0.05) is 26.7 Å². The predicted molar refractivity (Wildman–Crippen MR) is 116 cm³/mol. The predicted octanol–water partition coefficient (Wildman–Crippen LogP) is 3.61. The van der Waals surface area contributed by atoms with Gasteiger partial charge in [-0.15, -0.1) is 24.0 Å². The Bertz CT molecular complexity index is 548. The molecule has 2 N–H and O–H groups in total. The van der Waals surface area contributed by atoms with Crippen LogP contribution < -0.4 is 10.6 Å². The van der Waals surface area contributed by atoms with Gasteiger partial charge in [0.1, 0.15) is 0 Å². The number of hydrogen-bond acceptors (Lipinski definition) is 2. The zero-order chi connectivity index (χ0) is 16.8. The maximum Gasteiger partial charge on any atom is 0.191 e. The minimum absolute atomic E-state index is 0. The summed E-state index contributed by atoms with van der Waals surface area (Å²) in [6.45, 7) is 7.78.